The van der Waals surface area contributed by atoms with E-state index in [1.807, 2.05) is 0 Å². The van der Waals surface area contributed by atoms with Gasteiger partial charge in [0.2, 0.25) is 0 Å². The van der Waals surface area contributed by atoms with Gasteiger partial charge in [-0.2, -0.15) is 0 Å². The van der Waals surface area contributed by atoms with Gasteiger partial charge in [-0.05, 0) is 36.0 Å². The summed E-state index contributed by atoms with van der Waals surface area (Å²) in [4.78, 5) is 11.2. The molecule has 2 unspecified atom stereocenters. The minimum absolute atomic E-state index is 0.217. The predicted octanol–water partition coefficient (Wildman–Crippen LogP) is 2.44. The van der Waals surface area contributed by atoms with Crippen molar-refractivity contribution < 1.29 is 9.53 Å². The van der Waals surface area contributed by atoms with Crippen molar-refractivity contribution >= 4 is 14.8 Å². The maximum Gasteiger partial charge on any atom is 0.148 e. The molecule has 0 N–H and O–H groups in total. The van der Waals surface area contributed by atoms with Crippen LogP contribution in [-0.2, 0) is 17.6 Å². The molecule has 1 heterocycles. The average Bonchev–Trinajstić information content (AvgIpc) is 2.82. The van der Waals surface area contributed by atoms with Gasteiger partial charge in [-0.25, -0.2) is 0 Å². The van der Waals surface area contributed by atoms with Gasteiger partial charge in [0.15, 0.2) is 0 Å². The summed E-state index contributed by atoms with van der Waals surface area (Å²) in [5.41, 5.74) is 4.44. The van der Waals surface area contributed by atoms with Crippen LogP contribution in [0.2, 0.25) is 0 Å². The van der Waals surface area contributed by atoms with Crippen LogP contribution >= 0.6 is 9.24 Å². The highest BCUT2D eigenvalue weighted by molar-refractivity contribution is 7.40. The van der Waals surface area contributed by atoms with Gasteiger partial charge in [-0.3, -0.25) is 4.79 Å². The van der Waals surface area contributed by atoms with Gasteiger partial charge in [-0.1, -0.05) is 15.3 Å². The number of hydrogen-bond acceptors (Lipinski definition) is 2. The highest BCUT2D eigenvalue weighted by Crippen LogP contribution is 2.43. The Labute approximate surface area is 97.6 Å². The topological polar surface area (TPSA) is 26.3 Å². The predicted molar refractivity (Wildman–Crippen MR) is 66.0 cm³/mol. The van der Waals surface area contributed by atoms with E-state index < -0.39 is 0 Å². The molecule has 2 aliphatic rings. The molecule has 1 aromatic rings. The third-order valence-electron chi connectivity index (χ3n) is 3.63. The van der Waals surface area contributed by atoms with E-state index in [1.165, 1.54) is 16.7 Å². The molecule has 0 bridgehead atoms. The SMILES string of the molecule is O=C(P)CC1CCc2ccc3c(c21)CCO3. The fourth-order valence-electron chi connectivity index (χ4n) is 3.00. The third kappa shape index (κ3) is 1.56. The van der Waals surface area contributed by atoms with E-state index >= 15 is 0 Å². The molecule has 16 heavy (non-hydrogen) atoms. The number of ether oxygens (including phenoxy) is 1. The van der Waals surface area contributed by atoms with E-state index in [4.69, 9.17) is 4.74 Å². The van der Waals surface area contributed by atoms with Crippen LogP contribution in [-0.4, -0.2) is 12.1 Å². The van der Waals surface area contributed by atoms with E-state index in [1.54, 1.807) is 0 Å². The van der Waals surface area contributed by atoms with Crippen molar-refractivity contribution in [3.05, 3.63) is 28.8 Å². The molecule has 1 aliphatic carbocycles. The number of fused-ring (bicyclic) bond motifs is 3. The molecule has 0 saturated carbocycles. The smallest absolute Gasteiger partial charge is 0.148 e. The van der Waals surface area contributed by atoms with Gasteiger partial charge in [0.25, 0.3) is 0 Å². The van der Waals surface area contributed by atoms with Crippen LogP contribution in [0, 0.1) is 0 Å². The van der Waals surface area contributed by atoms with Crippen molar-refractivity contribution in [3.63, 3.8) is 0 Å². The summed E-state index contributed by atoms with van der Waals surface area (Å²) in [6.45, 7) is 0.799. The van der Waals surface area contributed by atoms with Crippen molar-refractivity contribution in [1.82, 2.24) is 0 Å². The van der Waals surface area contributed by atoms with Gasteiger partial charge in [-0.15, -0.1) is 0 Å². The molecule has 1 aromatic carbocycles. The van der Waals surface area contributed by atoms with Crippen LogP contribution in [0.15, 0.2) is 12.1 Å². The number of carbonyl (C=O) groups excluding carboxylic acids is 1. The van der Waals surface area contributed by atoms with E-state index in [0.29, 0.717) is 12.3 Å². The lowest BCUT2D eigenvalue weighted by atomic mass is 9.92. The molecule has 0 fully saturated rings. The molecule has 0 radical (unpaired) electrons. The van der Waals surface area contributed by atoms with Crippen molar-refractivity contribution in [2.75, 3.05) is 6.61 Å². The van der Waals surface area contributed by atoms with Gasteiger partial charge < -0.3 is 4.74 Å². The lowest BCUT2D eigenvalue weighted by Gasteiger charge is -2.13. The Morgan fingerprint density at radius 1 is 1.44 bits per heavy atom. The number of benzene rings is 1. The number of carbonyl (C=O) groups is 1. The maximum absolute atomic E-state index is 11.2. The zero-order valence-electron chi connectivity index (χ0n) is 9.16. The summed E-state index contributed by atoms with van der Waals surface area (Å²) in [6.07, 6.45) is 3.91. The van der Waals surface area contributed by atoms with Gasteiger partial charge in [0.1, 0.15) is 11.3 Å². The Hall–Kier alpha value is -0.880. The molecule has 84 valence electrons. The first-order valence-electron chi connectivity index (χ1n) is 5.81. The average molecular weight is 234 g/mol. The van der Waals surface area contributed by atoms with E-state index in [-0.39, 0.29) is 5.52 Å². The molecule has 1 aliphatic heterocycles. The summed E-state index contributed by atoms with van der Waals surface area (Å²) in [7, 11) is 2.29. The third-order valence-corrected chi connectivity index (χ3v) is 3.87. The second kappa shape index (κ2) is 3.85. The lowest BCUT2D eigenvalue weighted by Crippen LogP contribution is -2.01. The lowest BCUT2D eigenvalue weighted by molar-refractivity contribution is -0.111. The monoisotopic (exact) mass is 234 g/mol. The van der Waals surface area contributed by atoms with Crippen molar-refractivity contribution in [2.24, 2.45) is 0 Å². The largest absolute Gasteiger partial charge is 0.493 e. The molecule has 2 nitrogen and oxygen atoms in total. The molecule has 0 aromatic heterocycles. The summed E-state index contributed by atoms with van der Waals surface area (Å²) in [5, 5.41) is 0. The second-order valence-corrected chi connectivity index (χ2v) is 5.26. The first-order chi connectivity index (χ1) is 7.75. The molecule has 0 saturated heterocycles. The van der Waals surface area contributed by atoms with Crippen LogP contribution < -0.4 is 4.74 Å². The van der Waals surface area contributed by atoms with E-state index in [0.717, 1.165) is 31.6 Å². The van der Waals surface area contributed by atoms with Crippen molar-refractivity contribution in [2.45, 2.75) is 31.6 Å². The summed E-state index contributed by atoms with van der Waals surface area (Å²) >= 11 is 0. The fraction of sp³-hybridized carbons (Fsp3) is 0.462. The van der Waals surface area contributed by atoms with E-state index in [9.17, 15) is 4.79 Å². The summed E-state index contributed by atoms with van der Waals surface area (Å²) in [5.74, 6) is 1.47. The number of aryl methyl sites for hydroxylation is 1. The van der Waals surface area contributed by atoms with Crippen molar-refractivity contribution in [3.8, 4) is 5.75 Å². The molecule has 3 rings (SSSR count). The highest BCUT2D eigenvalue weighted by atomic mass is 31.0. The minimum atomic E-state index is 0.217. The number of rotatable bonds is 2. The molecular weight excluding hydrogens is 219 g/mol. The maximum atomic E-state index is 11.2. The van der Waals surface area contributed by atoms with Crippen LogP contribution in [0.3, 0.4) is 0 Å². The molecule has 3 heteroatoms. The van der Waals surface area contributed by atoms with Crippen LogP contribution in [0.4, 0.5) is 0 Å². The second-order valence-electron chi connectivity index (χ2n) is 4.62. The Morgan fingerprint density at radius 3 is 3.12 bits per heavy atom. The van der Waals surface area contributed by atoms with Crippen LogP contribution in [0.25, 0.3) is 0 Å². The van der Waals surface area contributed by atoms with Crippen LogP contribution in [0.5, 0.6) is 5.75 Å². The van der Waals surface area contributed by atoms with Crippen molar-refractivity contribution in [1.29, 1.82) is 0 Å². The zero-order valence-corrected chi connectivity index (χ0v) is 10.3. The minimum Gasteiger partial charge on any atom is -0.493 e. The van der Waals surface area contributed by atoms with Crippen LogP contribution in [0.1, 0.15) is 35.4 Å². The molecular formula is C13H15O2P. The fourth-order valence-corrected chi connectivity index (χ4v) is 3.28. The first-order valence-corrected chi connectivity index (χ1v) is 6.39. The van der Waals surface area contributed by atoms with Gasteiger partial charge >= 0.3 is 0 Å². The first kappa shape index (κ1) is 10.3. The molecule has 0 amide bonds. The highest BCUT2D eigenvalue weighted by Gasteiger charge is 2.29. The number of hydrogen-bond donors (Lipinski definition) is 0. The molecule has 0 spiro atoms. The molecule has 2 atom stereocenters. The van der Waals surface area contributed by atoms with Gasteiger partial charge in [0, 0.05) is 18.4 Å². The zero-order chi connectivity index (χ0) is 11.1. The summed E-state index contributed by atoms with van der Waals surface area (Å²) in [6, 6.07) is 4.26. The Kier molecular flexibility index (Phi) is 2.48. The van der Waals surface area contributed by atoms with Gasteiger partial charge in [0.05, 0.1) is 6.61 Å². The van der Waals surface area contributed by atoms with E-state index in [2.05, 4.69) is 21.4 Å². The Bertz CT molecular complexity index is 453. The Morgan fingerprint density at radius 2 is 2.31 bits per heavy atom. The standard InChI is InChI=1S/C13H15O2P/c14-12(16)7-9-2-1-8-3-4-11-10(13(8)9)5-6-15-11/h3-4,9H,1-2,5-7,16H2. The quantitative estimate of drug-likeness (QED) is 0.735. The summed E-state index contributed by atoms with van der Waals surface area (Å²) < 4.78 is 5.59. The normalized spacial score (nSPS) is 21.4. The Balaban J connectivity index is 2.03.